The summed E-state index contributed by atoms with van der Waals surface area (Å²) in [4.78, 5) is 27.3. The fourth-order valence-corrected chi connectivity index (χ4v) is 3.69. The molecule has 3 aromatic rings. The molecule has 0 unspecified atom stereocenters. The van der Waals surface area contributed by atoms with Crippen LogP contribution in [0.4, 0.5) is 11.4 Å². The highest BCUT2D eigenvalue weighted by molar-refractivity contribution is 6.07. The summed E-state index contributed by atoms with van der Waals surface area (Å²) in [5.74, 6) is 0.569. The summed E-state index contributed by atoms with van der Waals surface area (Å²) in [7, 11) is 0. The summed E-state index contributed by atoms with van der Waals surface area (Å²) in [6.07, 6.45) is 1.77. The second kappa shape index (κ2) is 8.82. The van der Waals surface area contributed by atoms with E-state index in [1.54, 1.807) is 24.3 Å². The number of carbonyl (C=O) groups is 2. The summed E-state index contributed by atoms with van der Waals surface area (Å²) in [6, 6.07) is 22.1. The molecule has 30 heavy (non-hydrogen) atoms. The lowest BCUT2D eigenvalue weighted by Crippen LogP contribution is -2.35. The third-order valence-electron chi connectivity index (χ3n) is 5.15. The molecular formula is C25H24N2O3. The molecule has 0 aliphatic carbocycles. The molecule has 3 aromatic carbocycles. The largest absolute Gasteiger partial charge is 0.494 e. The first-order chi connectivity index (χ1) is 14.7. The first-order valence-corrected chi connectivity index (χ1v) is 10.2. The summed E-state index contributed by atoms with van der Waals surface area (Å²) in [6.45, 7) is 3.20. The number of fused-ring (bicyclic) bond motifs is 1. The Morgan fingerprint density at radius 2 is 1.73 bits per heavy atom. The molecular weight excluding hydrogens is 376 g/mol. The Balaban J connectivity index is 1.51. The maximum atomic E-state index is 12.9. The molecule has 0 bridgehead atoms. The zero-order valence-corrected chi connectivity index (χ0v) is 16.9. The van der Waals surface area contributed by atoms with E-state index in [0.29, 0.717) is 24.3 Å². The molecule has 4 rings (SSSR count). The topological polar surface area (TPSA) is 58.6 Å². The average Bonchev–Trinajstić information content (AvgIpc) is 2.79. The Hall–Kier alpha value is -3.60. The van der Waals surface area contributed by atoms with E-state index in [2.05, 4.69) is 5.32 Å². The highest BCUT2D eigenvalue weighted by Gasteiger charge is 2.24. The van der Waals surface area contributed by atoms with E-state index < -0.39 is 0 Å². The molecule has 0 saturated heterocycles. The average molecular weight is 400 g/mol. The van der Waals surface area contributed by atoms with Crippen LogP contribution < -0.4 is 15.0 Å². The van der Waals surface area contributed by atoms with Crippen molar-refractivity contribution < 1.29 is 14.3 Å². The zero-order chi connectivity index (χ0) is 20.9. The van der Waals surface area contributed by atoms with E-state index in [9.17, 15) is 9.59 Å². The molecule has 1 aliphatic rings. The van der Waals surface area contributed by atoms with Crippen molar-refractivity contribution in [2.75, 3.05) is 23.4 Å². The molecule has 5 nitrogen and oxygen atoms in total. The molecule has 0 saturated carbocycles. The van der Waals surface area contributed by atoms with Crippen molar-refractivity contribution in [2.24, 2.45) is 0 Å². The molecule has 1 N–H and O–H groups in total. The van der Waals surface area contributed by atoms with Gasteiger partial charge in [0.25, 0.3) is 11.8 Å². The number of aryl methyl sites for hydroxylation is 1. The van der Waals surface area contributed by atoms with Gasteiger partial charge in [-0.1, -0.05) is 18.2 Å². The third-order valence-corrected chi connectivity index (χ3v) is 5.15. The summed E-state index contributed by atoms with van der Waals surface area (Å²) >= 11 is 0. The van der Waals surface area contributed by atoms with Crippen LogP contribution in [0.15, 0.2) is 72.8 Å². The normalized spacial score (nSPS) is 12.8. The minimum atomic E-state index is -0.175. The van der Waals surface area contributed by atoms with E-state index in [-0.39, 0.29) is 11.8 Å². The van der Waals surface area contributed by atoms with Gasteiger partial charge in [0.1, 0.15) is 5.75 Å². The molecule has 0 atom stereocenters. The van der Waals surface area contributed by atoms with E-state index in [0.717, 1.165) is 35.5 Å². The summed E-state index contributed by atoms with van der Waals surface area (Å²) < 4.78 is 5.42. The van der Waals surface area contributed by atoms with Crippen molar-refractivity contribution >= 4 is 23.2 Å². The first kappa shape index (κ1) is 19.7. The Bertz CT molecular complexity index is 1050. The minimum absolute atomic E-state index is 0.00252. The SMILES string of the molecule is CCOc1ccc(C(=O)Nc2ccc3c(c2)CCCN3C(=O)c2ccccc2)cc1. The summed E-state index contributed by atoms with van der Waals surface area (Å²) in [5.41, 5.74) is 3.95. The van der Waals surface area contributed by atoms with Crippen LogP contribution in [0.25, 0.3) is 0 Å². The van der Waals surface area contributed by atoms with Crippen LogP contribution in [0.3, 0.4) is 0 Å². The Morgan fingerprint density at radius 1 is 0.967 bits per heavy atom. The quantitative estimate of drug-likeness (QED) is 0.661. The van der Waals surface area contributed by atoms with Gasteiger partial charge in [-0.05, 0) is 79.9 Å². The molecule has 5 heteroatoms. The van der Waals surface area contributed by atoms with Crippen molar-refractivity contribution in [3.63, 3.8) is 0 Å². The minimum Gasteiger partial charge on any atom is -0.494 e. The fourth-order valence-electron chi connectivity index (χ4n) is 3.69. The van der Waals surface area contributed by atoms with E-state index in [4.69, 9.17) is 4.74 Å². The highest BCUT2D eigenvalue weighted by Crippen LogP contribution is 2.31. The zero-order valence-electron chi connectivity index (χ0n) is 16.9. The van der Waals surface area contributed by atoms with Gasteiger partial charge in [0.15, 0.2) is 0 Å². The Kier molecular flexibility index (Phi) is 5.80. The van der Waals surface area contributed by atoms with Crippen molar-refractivity contribution in [2.45, 2.75) is 19.8 Å². The smallest absolute Gasteiger partial charge is 0.258 e. The van der Waals surface area contributed by atoms with Crippen LogP contribution in [-0.2, 0) is 6.42 Å². The second-order valence-electron chi connectivity index (χ2n) is 7.18. The number of ether oxygens (including phenoxy) is 1. The van der Waals surface area contributed by atoms with E-state index >= 15 is 0 Å². The lowest BCUT2D eigenvalue weighted by atomic mass is 10.00. The molecule has 1 aliphatic heterocycles. The van der Waals surface area contributed by atoms with Crippen LogP contribution in [0.1, 0.15) is 39.6 Å². The molecule has 0 spiro atoms. The number of nitrogens with one attached hydrogen (secondary N) is 1. The van der Waals surface area contributed by atoms with Crippen LogP contribution in [0.2, 0.25) is 0 Å². The van der Waals surface area contributed by atoms with Crippen LogP contribution in [-0.4, -0.2) is 25.0 Å². The van der Waals surface area contributed by atoms with Crippen molar-refractivity contribution in [1.29, 1.82) is 0 Å². The van der Waals surface area contributed by atoms with Gasteiger partial charge in [-0.25, -0.2) is 0 Å². The summed E-state index contributed by atoms with van der Waals surface area (Å²) in [5, 5.41) is 2.95. The van der Waals surface area contributed by atoms with Crippen molar-refractivity contribution in [3.8, 4) is 5.75 Å². The highest BCUT2D eigenvalue weighted by atomic mass is 16.5. The number of amides is 2. The number of carbonyl (C=O) groups excluding carboxylic acids is 2. The van der Waals surface area contributed by atoms with Crippen molar-refractivity contribution in [1.82, 2.24) is 0 Å². The number of hydrogen-bond donors (Lipinski definition) is 1. The lowest BCUT2D eigenvalue weighted by Gasteiger charge is -2.30. The molecule has 0 aromatic heterocycles. The van der Waals surface area contributed by atoms with Gasteiger partial charge in [-0.2, -0.15) is 0 Å². The van der Waals surface area contributed by atoms with Crippen LogP contribution >= 0.6 is 0 Å². The molecule has 2 amide bonds. The molecule has 152 valence electrons. The molecule has 0 radical (unpaired) electrons. The van der Waals surface area contributed by atoms with E-state index in [1.165, 1.54) is 0 Å². The second-order valence-corrected chi connectivity index (χ2v) is 7.18. The number of benzene rings is 3. The lowest BCUT2D eigenvalue weighted by molar-refractivity contribution is 0.0983. The van der Waals surface area contributed by atoms with Crippen LogP contribution in [0, 0.1) is 0 Å². The molecule has 0 fully saturated rings. The Labute approximate surface area is 176 Å². The predicted octanol–water partition coefficient (Wildman–Crippen LogP) is 4.93. The number of rotatable bonds is 5. The van der Waals surface area contributed by atoms with Gasteiger partial charge in [0, 0.05) is 29.0 Å². The standard InChI is InChI=1S/C25H24N2O3/c1-2-30-22-13-10-18(11-14-22)24(28)26-21-12-15-23-20(17-21)9-6-16-27(23)25(29)19-7-4-3-5-8-19/h3-5,7-8,10-15,17H,2,6,9,16H2,1H3,(H,26,28). The maximum Gasteiger partial charge on any atom is 0.258 e. The van der Waals surface area contributed by atoms with Crippen LogP contribution in [0.5, 0.6) is 5.75 Å². The molecule has 1 heterocycles. The fraction of sp³-hybridized carbons (Fsp3) is 0.200. The van der Waals surface area contributed by atoms with Gasteiger partial charge in [0.2, 0.25) is 0 Å². The van der Waals surface area contributed by atoms with Gasteiger partial charge in [-0.15, -0.1) is 0 Å². The number of anilines is 2. The van der Waals surface area contributed by atoms with E-state index in [1.807, 2.05) is 60.4 Å². The number of hydrogen-bond acceptors (Lipinski definition) is 3. The monoisotopic (exact) mass is 400 g/mol. The first-order valence-electron chi connectivity index (χ1n) is 10.2. The van der Waals surface area contributed by atoms with Gasteiger partial charge in [-0.3, -0.25) is 9.59 Å². The van der Waals surface area contributed by atoms with Gasteiger partial charge >= 0.3 is 0 Å². The number of nitrogens with zero attached hydrogens (tertiary/aromatic N) is 1. The predicted molar refractivity (Wildman–Crippen MR) is 118 cm³/mol. The van der Waals surface area contributed by atoms with Gasteiger partial charge in [0.05, 0.1) is 6.61 Å². The van der Waals surface area contributed by atoms with Gasteiger partial charge < -0.3 is 15.0 Å². The maximum absolute atomic E-state index is 12.9. The Morgan fingerprint density at radius 3 is 2.47 bits per heavy atom. The van der Waals surface area contributed by atoms with Crippen molar-refractivity contribution in [3.05, 3.63) is 89.5 Å². The third kappa shape index (κ3) is 4.20.